The van der Waals surface area contributed by atoms with Crippen LogP contribution in [0.3, 0.4) is 0 Å². The van der Waals surface area contributed by atoms with E-state index in [2.05, 4.69) is 22.5 Å². The third kappa shape index (κ3) is 2.01. The summed E-state index contributed by atoms with van der Waals surface area (Å²) in [7, 11) is 0. The zero-order valence-electron chi connectivity index (χ0n) is 11.8. The van der Waals surface area contributed by atoms with Crippen LogP contribution >= 0.6 is 0 Å². The van der Waals surface area contributed by atoms with Gasteiger partial charge < -0.3 is 9.67 Å². The Morgan fingerprint density at radius 1 is 1.45 bits per heavy atom. The fraction of sp³-hybridized carbons (Fsp3) is 0.375. The van der Waals surface area contributed by atoms with E-state index in [1.54, 1.807) is 0 Å². The summed E-state index contributed by atoms with van der Waals surface area (Å²) in [6.45, 7) is 4.17. The lowest BCUT2D eigenvalue weighted by Crippen LogP contribution is -2.17. The normalized spacial score (nSPS) is 17.8. The Hall–Kier alpha value is -2.10. The predicted octanol–water partition coefficient (Wildman–Crippen LogP) is 3.45. The maximum Gasteiger partial charge on any atom is 0.356 e. The number of rotatable bonds is 2. The van der Waals surface area contributed by atoms with Gasteiger partial charge in [0.25, 0.3) is 0 Å². The molecular formula is C16H18N2O2. The van der Waals surface area contributed by atoms with E-state index in [1.807, 2.05) is 25.1 Å². The number of fused-ring (bicyclic) bond motifs is 1. The van der Waals surface area contributed by atoms with Crippen molar-refractivity contribution in [3.05, 3.63) is 41.2 Å². The number of benzene rings is 1. The van der Waals surface area contributed by atoms with Crippen molar-refractivity contribution in [3.63, 3.8) is 0 Å². The van der Waals surface area contributed by atoms with Gasteiger partial charge in [-0.15, -0.1) is 0 Å². The average Bonchev–Trinajstić information content (AvgIpc) is 2.80. The molecular weight excluding hydrogens is 252 g/mol. The van der Waals surface area contributed by atoms with Gasteiger partial charge in [-0.1, -0.05) is 23.8 Å². The molecule has 4 nitrogen and oxygen atoms in total. The number of hydrogen-bond donors (Lipinski definition) is 1. The third-order valence-electron chi connectivity index (χ3n) is 3.97. The summed E-state index contributed by atoms with van der Waals surface area (Å²) in [4.78, 5) is 15.8. The van der Waals surface area contributed by atoms with Crippen LogP contribution in [0.15, 0.2) is 24.3 Å². The summed E-state index contributed by atoms with van der Waals surface area (Å²) in [5, 5.41) is 9.37. The molecule has 0 saturated heterocycles. The van der Waals surface area contributed by atoms with E-state index in [0.717, 1.165) is 41.9 Å². The van der Waals surface area contributed by atoms with Crippen molar-refractivity contribution in [2.45, 2.75) is 39.2 Å². The van der Waals surface area contributed by atoms with Crippen molar-refractivity contribution in [3.8, 4) is 11.4 Å². The Kier molecular flexibility index (Phi) is 3.08. The van der Waals surface area contributed by atoms with Crippen LogP contribution in [-0.4, -0.2) is 20.6 Å². The molecule has 0 spiro atoms. The first-order valence-electron chi connectivity index (χ1n) is 6.99. The SMILES string of the molecule is Cc1cccc(-c2nc(C(=O)O)c3n2C(C)CCC3)c1. The van der Waals surface area contributed by atoms with Gasteiger partial charge in [-0.3, -0.25) is 0 Å². The topological polar surface area (TPSA) is 55.1 Å². The maximum atomic E-state index is 11.4. The number of aromatic carboxylic acids is 1. The van der Waals surface area contributed by atoms with Crippen LogP contribution in [0.4, 0.5) is 0 Å². The molecule has 3 rings (SSSR count). The lowest BCUT2D eigenvalue weighted by atomic mass is 10.0. The minimum absolute atomic E-state index is 0.216. The van der Waals surface area contributed by atoms with Gasteiger partial charge in [-0.2, -0.15) is 0 Å². The largest absolute Gasteiger partial charge is 0.476 e. The molecule has 0 amide bonds. The van der Waals surface area contributed by atoms with Crippen LogP contribution in [0.25, 0.3) is 11.4 Å². The van der Waals surface area contributed by atoms with E-state index in [-0.39, 0.29) is 5.69 Å². The fourth-order valence-electron chi connectivity index (χ4n) is 3.03. The summed E-state index contributed by atoms with van der Waals surface area (Å²) in [5.41, 5.74) is 3.23. The zero-order chi connectivity index (χ0) is 14.3. The third-order valence-corrected chi connectivity index (χ3v) is 3.97. The van der Waals surface area contributed by atoms with Gasteiger partial charge in [0.15, 0.2) is 5.69 Å². The molecule has 0 bridgehead atoms. The quantitative estimate of drug-likeness (QED) is 0.909. The minimum Gasteiger partial charge on any atom is -0.476 e. The number of nitrogens with zero attached hydrogens (tertiary/aromatic N) is 2. The number of aryl methyl sites for hydroxylation is 1. The molecule has 104 valence electrons. The molecule has 20 heavy (non-hydrogen) atoms. The Bertz CT molecular complexity index is 673. The molecule has 1 aromatic heterocycles. The standard InChI is InChI=1S/C16H18N2O2/c1-10-5-3-7-12(9-10)15-17-14(16(19)20)13-8-4-6-11(2)18(13)15/h3,5,7,9,11H,4,6,8H2,1-2H3,(H,19,20). The van der Waals surface area contributed by atoms with Crippen LogP contribution in [0.1, 0.15) is 47.6 Å². The molecule has 0 fully saturated rings. The second-order valence-electron chi connectivity index (χ2n) is 5.52. The molecule has 2 aromatic rings. The Morgan fingerprint density at radius 2 is 2.25 bits per heavy atom. The van der Waals surface area contributed by atoms with Gasteiger partial charge in [0.1, 0.15) is 5.82 Å². The maximum absolute atomic E-state index is 11.4. The molecule has 4 heteroatoms. The van der Waals surface area contributed by atoms with Crippen molar-refractivity contribution in [2.24, 2.45) is 0 Å². The molecule has 2 heterocycles. The number of carboxylic acids is 1. The highest BCUT2D eigenvalue weighted by Gasteiger charge is 2.27. The Labute approximate surface area is 118 Å². The van der Waals surface area contributed by atoms with E-state index in [1.165, 1.54) is 0 Å². The lowest BCUT2D eigenvalue weighted by molar-refractivity contribution is 0.0689. The predicted molar refractivity (Wildman–Crippen MR) is 77.0 cm³/mol. The first-order valence-corrected chi connectivity index (χ1v) is 6.99. The number of hydrogen-bond acceptors (Lipinski definition) is 2. The highest BCUT2D eigenvalue weighted by Crippen LogP contribution is 2.33. The van der Waals surface area contributed by atoms with Crippen LogP contribution < -0.4 is 0 Å². The van der Waals surface area contributed by atoms with Crippen LogP contribution in [0, 0.1) is 6.92 Å². The van der Waals surface area contributed by atoms with Gasteiger partial charge in [0.05, 0.1) is 5.69 Å². The van der Waals surface area contributed by atoms with E-state index in [4.69, 9.17) is 0 Å². The molecule has 0 saturated carbocycles. The highest BCUT2D eigenvalue weighted by molar-refractivity contribution is 5.88. The summed E-state index contributed by atoms with van der Waals surface area (Å²) in [5.74, 6) is -0.143. The van der Waals surface area contributed by atoms with Crippen molar-refractivity contribution in [1.82, 2.24) is 9.55 Å². The minimum atomic E-state index is -0.929. The summed E-state index contributed by atoms with van der Waals surface area (Å²) in [6, 6.07) is 8.37. The van der Waals surface area contributed by atoms with Crippen molar-refractivity contribution >= 4 is 5.97 Å². The van der Waals surface area contributed by atoms with Crippen molar-refractivity contribution in [2.75, 3.05) is 0 Å². The fourth-order valence-corrected chi connectivity index (χ4v) is 3.03. The Balaban J connectivity index is 2.23. The van der Waals surface area contributed by atoms with Crippen LogP contribution in [-0.2, 0) is 6.42 Å². The van der Waals surface area contributed by atoms with Gasteiger partial charge in [-0.05, 0) is 39.2 Å². The monoisotopic (exact) mass is 270 g/mol. The molecule has 1 unspecified atom stereocenters. The number of imidazole rings is 1. The average molecular weight is 270 g/mol. The van der Waals surface area contributed by atoms with Crippen LogP contribution in [0.2, 0.25) is 0 Å². The molecule has 1 atom stereocenters. The zero-order valence-corrected chi connectivity index (χ0v) is 11.8. The number of aromatic nitrogens is 2. The summed E-state index contributed by atoms with van der Waals surface area (Å²) >= 11 is 0. The molecule has 1 aliphatic heterocycles. The van der Waals surface area contributed by atoms with Gasteiger partial charge in [0.2, 0.25) is 0 Å². The first-order chi connectivity index (χ1) is 9.58. The van der Waals surface area contributed by atoms with Gasteiger partial charge in [-0.25, -0.2) is 9.78 Å². The van der Waals surface area contributed by atoms with E-state index in [0.29, 0.717) is 6.04 Å². The van der Waals surface area contributed by atoms with Crippen LogP contribution in [0.5, 0.6) is 0 Å². The van der Waals surface area contributed by atoms with Crippen molar-refractivity contribution in [1.29, 1.82) is 0 Å². The summed E-state index contributed by atoms with van der Waals surface area (Å²) < 4.78 is 2.11. The first kappa shape index (κ1) is 12.9. The van der Waals surface area contributed by atoms with E-state index >= 15 is 0 Å². The molecule has 1 N–H and O–H groups in total. The smallest absolute Gasteiger partial charge is 0.356 e. The molecule has 0 aliphatic carbocycles. The second-order valence-corrected chi connectivity index (χ2v) is 5.52. The molecule has 1 aromatic carbocycles. The highest BCUT2D eigenvalue weighted by atomic mass is 16.4. The second kappa shape index (κ2) is 4.78. The molecule has 1 aliphatic rings. The van der Waals surface area contributed by atoms with E-state index < -0.39 is 5.97 Å². The Morgan fingerprint density at radius 3 is 2.95 bits per heavy atom. The van der Waals surface area contributed by atoms with Crippen molar-refractivity contribution < 1.29 is 9.90 Å². The lowest BCUT2D eigenvalue weighted by Gasteiger charge is -2.24. The number of carbonyl (C=O) groups is 1. The van der Waals surface area contributed by atoms with E-state index in [9.17, 15) is 9.90 Å². The van der Waals surface area contributed by atoms with Gasteiger partial charge in [0, 0.05) is 11.6 Å². The molecule has 0 radical (unpaired) electrons. The van der Waals surface area contributed by atoms with Gasteiger partial charge >= 0.3 is 5.97 Å². The summed E-state index contributed by atoms with van der Waals surface area (Å²) in [6.07, 6.45) is 2.90. The number of carboxylic acid groups (broad SMARTS) is 1.